The molecule has 0 amide bonds. The van der Waals surface area contributed by atoms with Crippen LogP contribution in [-0.2, 0) is 6.54 Å². The van der Waals surface area contributed by atoms with E-state index in [0.717, 1.165) is 35.7 Å². The molecule has 142 valence electrons. The van der Waals surface area contributed by atoms with Crippen molar-refractivity contribution < 1.29 is 0 Å². The number of hydrogen-bond acceptors (Lipinski definition) is 4. The van der Waals surface area contributed by atoms with Crippen LogP contribution >= 0.6 is 35.3 Å². The molecule has 0 bridgehead atoms. The smallest absolute Gasteiger partial charge is 0.191 e. The maximum Gasteiger partial charge on any atom is 0.191 e. The number of hydrogen-bond donors (Lipinski definition) is 2. The number of thiazole rings is 1. The van der Waals surface area contributed by atoms with E-state index >= 15 is 0 Å². The Hall–Kier alpha value is -0.410. The number of rotatable bonds is 5. The zero-order chi connectivity index (χ0) is 16.9. The summed E-state index contributed by atoms with van der Waals surface area (Å²) in [6.45, 7) is 8.60. The van der Waals surface area contributed by atoms with Gasteiger partial charge in [-0.3, -0.25) is 4.99 Å². The van der Waals surface area contributed by atoms with Gasteiger partial charge in [0.1, 0.15) is 0 Å². The van der Waals surface area contributed by atoms with Crippen molar-refractivity contribution in [1.82, 2.24) is 20.5 Å². The van der Waals surface area contributed by atoms with Crippen LogP contribution in [0.3, 0.4) is 0 Å². The molecule has 1 atom stereocenters. The second-order valence-electron chi connectivity index (χ2n) is 7.21. The molecule has 5 nitrogen and oxygen atoms in total. The molecule has 2 fully saturated rings. The van der Waals surface area contributed by atoms with Gasteiger partial charge in [0.05, 0.1) is 17.2 Å². The first kappa shape index (κ1) is 20.9. The van der Waals surface area contributed by atoms with Gasteiger partial charge in [-0.05, 0) is 39.0 Å². The lowest BCUT2D eigenvalue weighted by Crippen LogP contribution is -2.44. The number of likely N-dealkylation sites (tertiary alicyclic amines) is 1. The molecule has 1 aliphatic heterocycles. The SMILES string of the molecule is CN=C(NCc1sc(C)nc1C)NC1CCN(CC2CCCC2)C1.I. The molecule has 0 aromatic carbocycles. The van der Waals surface area contributed by atoms with Crippen LogP contribution in [0.4, 0.5) is 0 Å². The van der Waals surface area contributed by atoms with Crippen LogP contribution in [-0.4, -0.2) is 48.6 Å². The topological polar surface area (TPSA) is 52.6 Å². The fourth-order valence-corrected chi connectivity index (χ4v) is 4.84. The Morgan fingerprint density at radius 3 is 2.68 bits per heavy atom. The van der Waals surface area contributed by atoms with Crippen molar-refractivity contribution in [2.45, 2.75) is 58.5 Å². The predicted octanol–water partition coefficient (Wildman–Crippen LogP) is 3.31. The molecular formula is C18H32IN5S. The standard InChI is InChI=1S/C18H31N5S.HI/c1-13-17(24-14(2)21-13)10-20-18(19-3)22-16-8-9-23(12-16)11-15-6-4-5-7-15;/h15-16H,4-12H2,1-3H3,(H2,19,20,22);1H. The molecule has 7 heteroatoms. The normalized spacial score (nSPS) is 22.2. The quantitative estimate of drug-likeness (QED) is 0.388. The molecule has 1 aliphatic carbocycles. The van der Waals surface area contributed by atoms with Crippen molar-refractivity contribution in [2.75, 3.05) is 26.7 Å². The fourth-order valence-electron chi connectivity index (χ4n) is 3.96. The maximum atomic E-state index is 4.49. The van der Waals surface area contributed by atoms with E-state index in [1.807, 2.05) is 7.05 Å². The van der Waals surface area contributed by atoms with Crippen molar-refractivity contribution in [1.29, 1.82) is 0 Å². The van der Waals surface area contributed by atoms with Gasteiger partial charge in [-0.1, -0.05) is 12.8 Å². The first-order valence-electron chi connectivity index (χ1n) is 9.26. The Kier molecular flexibility index (Phi) is 8.41. The summed E-state index contributed by atoms with van der Waals surface area (Å²) in [5.41, 5.74) is 1.13. The molecule has 2 heterocycles. The van der Waals surface area contributed by atoms with Crippen LogP contribution in [0.15, 0.2) is 4.99 Å². The van der Waals surface area contributed by atoms with Gasteiger partial charge >= 0.3 is 0 Å². The highest BCUT2D eigenvalue weighted by atomic mass is 127. The molecule has 0 radical (unpaired) electrons. The lowest BCUT2D eigenvalue weighted by molar-refractivity contribution is 0.275. The minimum Gasteiger partial charge on any atom is -0.352 e. The van der Waals surface area contributed by atoms with Gasteiger partial charge in [0.15, 0.2) is 5.96 Å². The zero-order valence-corrected chi connectivity index (χ0v) is 18.8. The third-order valence-electron chi connectivity index (χ3n) is 5.24. The average molecular weight is 477 g/mol. The molecule has 1 unspecified atom stereocenters. The second kappa shape index (κ2) is 10.1. The van der Waals surface area contributed by atoms with Gasteiger partial charge in [-0.2, -0.15) is 0 Å². The van der Waals surface area contributed by atoms with Crippen molar-refractivity contribution >= 4 is 41.3 Å². The van der Waals surface area contributed by atoms with E-state index in [4.69, 9.17) is 0 Å². The van der Waals surface area contributed by atoms with E-state index in [1.54, 1.807) is 11.3 Å². The molecule has 1 aromatic heterocycles. The number of nitrogens with zero attached hydrogens (tertiary/aromatic N) is 3. The minimum absolute atomic E-state index is 0. The van der Waals surface area contributed by atoms with Gasteiger partial charge in [0.25, 0.3) is 0 Å². The third kappa shape index (κ3) is 6.06. The van der Waals surface area contributed by atoms with Crippen LogP contribution in [0.2, 0.25) is 0 Å². The Balaban J connectivity index is 0.00000225. The van der Waals surface area contributed by atoms with E-state index in [-0.39, 0.29) is 24.0 Å². The van der Waals surface area contributed by atoms with Crippen molar-refractivity contribution in [3.8, 4) is 0 Å². The molecule has 2 N–H and O–H groups in total. The van der Waals surface area contributed by atoms with Crippen molar-refractivity contribution in [3.63, 3.8) is 0 Å². The summed E-state index contributed by atoms with van der Waals surface area (Å²) in [4.78, 5) is 12.8. The Morgan fingerprint density at radius 1 is 1.28 bits per heavy atom. The lowest BCUT2D eigenvalue weighted by Gasteiger charge is -2.21. The predicted molar refractivity (Wildman–Crippen MR) is 117 cm³/mol. The third-order valence-corrected chi connectivity index (χ3v) is 6.32. The summed E-state index contributed by atoms with van der Waals surface area (Å²) in [7, 11) is 1.85. The van der Waals surface area contributed by atoms with Gasteiger partial charge in [0, 0.05) is 37.6 Å². The summed E-state index contributed by atoms with van der Waals surface area (Å²) in [6.07, 6.45) is 6.96. The molecule has 3 rings (SSSR count). The number of guanidine groups is 1. The Bertz CT molecular complexity index is 568. The van der Waals surface area contributed by atoms with E-state index < -0.39 is 0 Å². The highest BCUT2D eigenvalue weighted by Gasteiger charge is 2.26. The van der Waals surface area contributed by atoms with Crippen molar-refractivity contribution in [3.05, 3.63) is 15.6 Å². The first-order chi connectivity index (χ1) is 11.6. The summed E-state index contributed by atoms with van der Waals surface area (Å²) in [5, 5.41) is 8.17. The average Bonchev–Trinajstić information content (AvgIpc) is 3.27. The molecule has 2 aliphatic rings. The molecule has 1 aromatic rings. The van der Waals surface area contributed by atoms with Gasteiger partial charge < -0.3 is 15.5 Å². The first-order valence-corrected chi connectivity index (χ1v) is 10.1. The van der Waals surface area contributed by atoms with Crippen LogP contribution in [0.1, 0.15) is 47.7 Å². The molecule has 1 saturated carbocycles. The highest BCUT2D eigenvalue weighted by molar-refractivity contribution is 14.0. The lowest BCUT2D eigenvalue weighted by atomic mass is 10.1. The van der Waals surface area contributed by atoms with E-state index in [0.29, 0.717) is 6.04 Å². The van der Waals surface area contributed by atoms with Gasteiger partial charge in [-0.25, -0.2) is 4.98 Å². The number of nitrogens with one attached hydrogen (secondary N) is 2. The summed E-state index contributed by atoms with van der Waals surface area (Å²) in [5.74, 6) is 1.85. The van der Waals surface area contributed by atoms with Crippen LogP contribution < -0.4 is 10.6 Å². The monoisotopic (exact) mass is 477 g/mol. The summed E-state index contributed by atoms with van der Waals surface area (Å²) >= 11 is 1.76. The summed E-state index contributed by atoms with van der Waals surface area (Å²) in [6, 6.07) is 0.516. The van der Waals surface area contributed by atoms with E-state index in [9.17, 15) is 0 Å². The largest absolute Gasteiger partial charge is 0.352 e. The minimum atomic E-state index is 0. The Labute approximate surface area is 173 Å². The Morgan fingerprint density at radius 2 is 2.04 bits per heavy atom. The van der Waals surface area contributed by atoms with Gasteiger partial charge in [-0.15, -0.1) is 35.3 Å². The van der Waals surface area contributed by atoms with E-state index in [2.05, 4.69) is 39.4 Å². The maximum absolute atomic E-state index is 4.49. The molecule has 0 spiro atoms. The summed E-state index contributed by atoms with van der Waals surface area (Å²) < 4.78 is 0. The van der Waals surface area contributed by atoms with Gasteiger partial charge in [0.2, 0.25) is 0 Å². The van der Waals surface area contributed by atoms with Crippen molar-refractivity contribution in [2.24, 2.45) is 10.9 Å². The fraction of sp³-hybridized carbons (Fsp3) is 0.778. The number of halogens is 1. The van der Waals surface area contributed by atoms with Crippen LogP contribution in [0.25, 0.3) is 0 Å². The second-order valence-corrected chi connectivity index (χ2v) is 8.49. The molecule has 1 saturated heterocycles. The van der Waals surface area contributed by atoms with E-state index in [1.165, 1.54) is 50.1 Å². The zero-order valence-electron chi connectivity index (χ0n) is 15.7. The highest BCUT2D eigenvalue weighted by Crippen LogP contribution is 2.26. The number of aromatic nitrogens is 1. The van der Waals surface area contributed by atoms with Crippen LogP contribution in [0.5, 0.6) is 0 Å². The van der Waals surface area contributed by atoms with Crippen LogP contribution in [0, 0.1) is 19.8 Å². The molecule has 25 heavy (non-hydrogen) atoms. The number of aryl methyl sites for hydroxylation is 2. The number of aliphatic imine (C=N–C) groups is 1. The molecular weight excluding hydrogens is 445 g/mol.